The zero-order valence-corrected chi connectivity index (χ0v) is 11.1. The number of halogens is 1. The van der Waals surface area contributed by atoms with Gasteiger partial charge in [0.05, 0.1) is 13.2 Å². The van der Waals surface area contributed by atoms with Gasteiger partial charge >= 0.3 is 0 Å². The second kappa shape index (κ2) is 7.65. The van der Waals surface area contributed by atoms with E-state index in [-0.39, 0.29) is 6.61 Å². The Balaban J connectivity index is 2.19. The first kappa shape index (κ1) is 13.5. The van der Waals surface area contributed by atoms with Gasteiger partial charge in [-0.15, -0.1) is 0 Å². The van der Waals surface area contributed by atoms with E-state index in [4.69, 9.17) is 9.84 Å². The minimum Gasteiger partial charge on any atom is -0.494 e. The van der Waals surface area contributed by atoms with Gasteiger partial charge in [-0.2, -0.15) is 0 Å². The van der Waals surface area contributed by atoms with E-state index < -0.39 is 0 Å². The molecule has 1 aromatic rings. The van der Waals surface area contributed by atoms with E-state index in [0.29, 0.717) is 13.2 Å². The molecule has 0 aliphatic rings. The summed E-state index contributed by atoms with van der Waals surface area (Å²) in [5.74, 6) is 0.905. The van der Waals surface area contributed by atoms with Crippen molar-refractivity contribution in [2.24, 2.45) is 0 Å². The maximum atomic E-state index is 8.56. The number of aryl methyl sites for hydroxylation is 1. The lowest BCUT2D eigenvalue weighted by Crippen LogP contribution is -2.20. The Morgan fingerprint density at radius 3 is 2.88 bits per heavy atom. The van der Waals surface area contributed by atoms with Crippen LogP contribution in [0.25, 0.3) is 0 Å². The van der Waals surface area contributed by atoms with Gasteiger partial charge in [0.2, 0.25) is 0 Å². The number of benzene rings is 1. The molecule has 0 aromatic heterocycles. The van der Waals surface area contributed by atoms with Crippen molar-refractivity contribution in [3.8, 4) is 5.75 Å². The molecule has 0 atom stereocenters. The molecule has 16 heavy (non-hydrogen) atoms. The topological polar surface area (TPSA) is 41.5 Å². The van der Waals surface area contributed by atoms with Crippen LogP contribution in [0.3, 0.4) is 0 Å². The maximum Gasteiger partial charge on any atom is 0.119 e. The van der Waals surface area contributed by atoms with E-state index in [0.717, 1.165) is 23.2 Å². The molecular formula is C12H18BrNO2. The van der Waals surface area contributed by atoms with Gasteiger partial charge in [0.15, 0.2) is 0 Å². The smallest absolute Gasteiger partial charge is 0.119 e. The molecule has 0 bridgehead atoms. The SMILES string of the molecule is Cc1cc(OCCCNCCO)ccc1Br. The fraction of sp³-hybridized carbons (Fsp3) is 0.500. The van der Waals surface area contributed by atoms with Crippen LogP contribution in [-0.4, -0.2) is 31.4 Å². The summed E-state index contributed by atoms with van der Waals surface area (Å²) in [6, 6.07) is 5.97. The van der Waals surface area contributed by atoms with E-state index in [9.17, 15) is 0 Å². The number of hydrogen-bond acceptors (Lipinski definition) is 3. The van der Waals surface area contributed by atoms with Gasteiger partial charge in [0.25, 0.3) is 0 Å². The first-order valence-electron chi connectivity index (χ1n) is 5.44. The summed E-state index contributed by atoms with van der Waals surface area (Å²) >= 11 is 3.45. The van der Waals surface area contributed by atoms with Crippen molar-refractivity contribution in [2.75, 3.05) is 26.3 Å². The first-order chi connectivity index (χ1) is 7.74. The summed E-state index contributed by atoms with van der Waals surface area (Å²) in [7, 11) is 0. The molecule has 0 saturated carbocycles. The molecule has 0 heterocycles. The second-order valence-corrected chi connectivity index (χ2v) is 4.44. The third-order valence-corrected chi connectivity index (χ3v) is 3.07. The summed E-state index contributed by atoms with van der Waals surface area (Å²) < 4.78 is 6.70. The molecule has 0 radical (unpaired) electrons. The Morgan fingerprint density at radius 2 is 2.19 bits per heavy atom. The van der Waals surface area contributed by atoms with Crippen LogP contribution >= 0.6 is 15.9 Å². The molecule has 0 spiro atoms. The fourth-order valence-corrected chi connectivity index (χ4v) is 1.54. The van der Waals surface area contributed by atoms with Crippen molar-refractivity contribution in [2.45, 2.75) is 13.3 Å². The van der Waals surface area contributed by atoms with Crippen molar-refractivity contribution in [1.82, 2.24) is 5.32 Å². The monoisotopic (exact) mass is 287 g/mol. The van der Waals surface area contributed by atoms with Crippen LogP contribution in [0.15, 0.2) is 22.7 Å². The Bertz CT molecular complexity index is 318. The van der Waals surface area contributed by atoms with Crippen molar-refractivity contribution in [1.29, 1.82) is 0 Å². The van der Waals surface area contributed by atoms with Crippen molar-refractivity contribution < 1.29 is 9.84 Å². The summed E-state index contributed by atoms with van der Waals surface area (Å²) in [5.41, 5.74) is 1.18. The Kier molecular flexibility index (Phi) is 6.45. The minimum atomic E-state index is 0.187. The average Bonchev–Trinajstić information content (AvgIpc) is 2.28. The largest absolute Gasteiger partial charge is 0.494 e. The van der Waals surface area contributed by atoms with Crippen LogP contribution in [0.2, 0.25) is 0 Å². The molecule has 0 fully saturated rings. The summed E-state index contributed by atoms with van der Waals surface area (Å²) in [6.07, 6.45) is 0.940. The lowest BCUT2D eigenvalue weighted by Gasteiger charge is -2.08. The summed E-state index contributed by atoms with van der Waals surface area (Å²) in [4.78, 5) is 0. The van der Waals surface area contributed by atoms with Crippen molar-refractivity contribution >= 4 is 15.9 Å². The summed E-state index contributed by atoms with van der Waals surface area (Å²) in [6.45, 7) is 4.44. The van der Waals surface area contributed by atoms with Gasteiger partial charge < -0.3 is 15.2 Å². The summed E-state index contributed by atoms with van der Waals surface area (Å²) in [5, 5.41) is 11.7. The molecule has 90 valence electrons. The van der Waals surface area contributed by atoms with Gasteiger partial charge in [-0.3, -0.25) is 0 Å². The maximum absolute atomic E-state index is 8.56. The van der Waals surface area contributed by atoms with Crippen molar-refractivity contribution in [3.05, 3.63) is 28.2 Å². The molecule has 0 aliphatic carbocycles. The van der Waals surface area contributed by atoms with E-state index in [1.807, 2.05) is 25.1 Å². The second-order valence-electron chi connectivity index (χ2n) is 3.59. The zero-order chi connectivity index (χ0) is 11.8. The highest BCUT2D eigenvalue weighted by Crippen LogP contribution is 2.21. The van der Waals surface area contributed by atoms with Gasteiger partial charge in [0.1, 0.15) is 5.75 Å². The molecule has 0 amide bonds. The highest BCUT2D eigenvalue weighted by Gasteiger charge is 1.97. The van der Waals surface area contributed by atoms with Crippen molar-refractivity contribution in [3.63, 3.8) is 0 Å². The zero-order valence-electron chi connectivity index (χ0n) is 9.50. The number of nitrogens with one attached hydrogen (secondary N) is 1. The van der Waals surface area contributed by atoms with Crippen LogP contribution < -0.4 is 10.1 Å². The van der Waals surface area contributed by atoms with E-state index >= 15 is 0 Å². The third kappa shape index (κ3) is 4.96. The molecular weight excluding hydrogens is 270 g/mol. The molecule has 4 heteroatoms. The van der Waals surface area contributed by atoms with Gasteiger partial charge in [-0.25, -0.2) is 0 Å². The predicted molar refractivity (Wildman–Crippen MR) is 68.9 cm³/mol. The Labute approximate surface area is 105 Å². The number of aliphatic hydroxyl groups is 1. The van der Waals surface area contributed by atoms with Gasteiger partial charge in [-0.1, -0.05) is 15.9 Å². The molecule has 0 aliphatic heterocycles. The minimum absolute atomic E-state index is 0.187. The quantitative estimate of drug-likeness (QED) is 0.755. The lowest BCUT2D eigenvalue weighted by molar-refractivity contribution is 0.282. The number of ether oxygens (including phenoxy) is 1. The van der Waals surface area contributed by atoms with Crippen LogP contribution in [-0.2, 0) is 0 Å². The van der Waals surface area contributed by atoms with Crippen LogP contribution in [0.5, 0.6) is 5.75 Å². The normalized spacial score (nSPS) is 10.4. The third-order valence-electron chi connectivity index (χ3n) is 2.18. The molecule has 2 N–H and O–H groups in total. The molecule has 1 rings (SSSR count). The van der Waals surface area contributed by atoms with E-state index in [1.165, 1.54) is 5.56 Å². The van der Waals surface area contributed by atoms with Gasteiger partial charge in [0, 0.05) is 11.0 Å². The Morgan fingerprint density at radius 1 is 1.38 bits per heavy atom. The highest BCUT2D eigenvalue weighted by atomic mass is 79.9. The number of aliphatic hydroxyl groups excluding tert-OH is 1. The van der Waals surface area contributed by atoms with Crippen LogP contribution in [0.4, 0.5) is 0 Å². The first-order valence-corrected chi connectivity index (χ1v) is 6.24. The average molecular weight is 288 g/mol. The lowest BCUT2D eigenvalue weighted by atomic mass is 10.2. The molecule has 3 nitrogen and oxygen atoms in total. The molecule has 0 unspecified atom stereocenters. The standard InChI is InChI=1S/C12H18BrNO2/c1-10-9-11(3-4-12(10)13)16-8-2-5-14-6-7-15/h3-4,9,14-15H,2,5-8H2,1H3. The predicted octanol–water partition coefficient (Wildman–Crippen LogP) is 2.11. The van der Waals surface area contributed by atoms with Crippen LogP contribution in [0, 0.1) is 6.92 Å². The van der Waals surface area contributed by atoms with E-state index in [2.05, 4.69) is 21.2 Å². The fourth-order valence-electron chi connectivity index (χ4n) is 1.30. The van der Waals surface area contributed by atoms with E-state index in [1.54, 1.807) is 0 Å². The number of hydrogen-bond donors (Lipinski definition) is 2. The Hall–Kier alpha value is -0.580. The van der Waals surface area contributed by atoms with Crippen LogP contribution in [0.1, 0.15) is 12.0 Å². The van der Waals surface area contributed by atoms with Gasteiger partial charge in [-0.05, 0) is 43.7 Å². The number of rotatable bonds is 7. The molecule has 0 saturated heterocycles. The molecule has 1 aromatic carbocycles. The highest BCUT2D eigenvalue weighted by molar-refractivity contribution is 9.10.